The molecule has 25 heavy (non-hydrogen) atoms. The SMILES string of the molecule is CCOc1ccc([C@@H]2C=C(c3ccccc3)Nc3nc(C)nn32)cc1. The molecule has 0 radical (unpaired) electrons. The number of fused-ring (bicyclic) bond motifs is 1. The second kappa shape index (κ2) is 6.43. The Hall–Kier alpha value is -3.08. The van der Waals surface area contributed by atoms with Crippen LogP contribution in [0.1, 0.15) is 29.9 Å². The first-order valence-electron chi connectivity index (χ1n) is 8.45. The summed E-state index contributed by atoms with van der Waals surface area (Å²) in [5, 5.41) is 7.95. The van der Waals surface area contributed by atoms with Gasteiger partial charge in [0.05, 0.1) is 6.61 Å². The number of hydrogen-bond acceptors (Lipinski definition) is 4. The van der Waals surface area contributed by atoms with Crippen LogP contribution in [0.4, 0.5) is 5.95 Å². The number of ether oxygens (including phenoxy) is 1. The summed E-state index contributed by atoms with van der Waals surface area (Å²) in [6.07, 6.45) is 2.19. The van der Waals surface area contributed by atoms with Crippen molar-refractivity contribution in [2.75, 3.05) is 11.9 Å². The van der Waals surface area contributed by atoms with Gasteiger partial charge in [-0.2, -0.15) is 10.1 Å². The molecule has 0 amide bonds. The zero-order valence-corrected chi connectivity index (χ0v) is 14.3. The summed E-state index contributed by atoms with van der Waals surface area (Å²) in [6.45, 7) is 4.56. The van der Waals surface area contributed by atoms with Crippen molar-refractivity contribution in [3.63, 3.8) is 0 Å². The normalized spacial score (nSPS) is 15.9. The minimum absolute atomic E-state index is 0.0108. The van der Waals surface area contributed by atoms with E-state index in [0.29, 0.717) is 6.61 Å². The predicted octanol–water partition coefficient (Wildman–Crippen LogP) is 4.04. The number of nitrogens with one attached hydrogen (secondary N) is 1. The van der Waals surface area contributed by atoms with E-state index in [-0.39, 0.29) is 6.04 Å². The minimum atomic E-state index is -0.0108. The molecule has 0 saturated heterocycles. The molecule has 0 spiro atoms. The Balaban J connectivity index is 1.76. The topological polar surface area (TPSA) is 52.0 Å². The number of aromatic nitrogens is 3. The fourth-order valence-electron chi connectivity index (χ4n) is 3.05. The number of nitrogens with zero attached hydrogens (tertiary/aromatic N) is 3. The van der Waals surface area contributed by atoms with E-state index in [1.165, 1.54) is 0 Å². The lowest BCUT2D eigenvalue weighted by molar-refractivity contribution is 0.340. The van der Waals surface area contributed by atoms with Crippen molar-refractivity contribution >= 4 is 11.6 Å². The third kappa shape index (κ3) is 3.01. The smallest absolute Gasteiger partial charge is 0.226 e. The van der Waals surface area contributed by atoms with E-state index in [1.807, 2.05) is 48.9 Å². The van der Waals surface area contributed by atoms with E-state index in [4.69, 9.17) is 4.74 Å². The molecule has 1 atom stereocenters. The molecule has 4 rings (SSSR count). The van der Waals surface area contributed by atoms with E-state index >= 15 is 0 Å². The van der Waals surface area contributed by atoms with Crippen LogP contribution in [0.15, 0.2) is 60.7 Å². The maximum Gasteiger partial charge on any atom is 0.226 e. The quantitative estimate of drug-likeness (QED) is 0.783. The highest BCUT2D eigenvalue weighted by molar-refractivity contribution is 5.77. The maximum absolute atomic E-state index is 5.55. The predicted molar refractivity (Wildman–Crippen MR) is 98.6 cm³/mol. The van der Waals surface area contributed by atoms with Crippen LogP contribution in [0.25, 0.3) is 5.70 Å². The second-order valence-electron chi connectivity index (χ2n) is 5.95. The monoisotopic (exact) mass is 332 g/mol. The molecular formula is C20H20N4O. The molecule has 126 valence electrons. The molecule has 2 heterocycles. The van der Waals surface area contributed by atoms with Gasteiger partial charge in [0.2, 0.25) is 5.95 Å². The van der Waals surface area contributed by atoms with Crippen molar-refractivity contribution in [1.82, 2.24) is 14.8 Å². The Morgan fingerprint density at radius 2 is 1.84 bits per heavy atom. The van der Waals surface area contributed by atoms with Crippen molar-refractivity contribution in [2.24, 2.45) is 0 Å². The van der Waals surface area contributed by atoms with Gasteiger partial charge < -0.3 is 10.1 Å². The first-order valence-corrected chi connectivity index (χ1v) is 8.45. The van der Waals surface area contributed by atoms with Crippen molar-refractivity contribution in [1.29, 1.82) is 0 Å². The van der Waals surface area contributed by atoms with E-state index in [0.717, 1.165) is 34.3 Å². The highest BCUT2D eigenvalue weighted by Crippen LogP contribution is 2.32. The molecule has 1 aromatic heterocycles. The number of hydrogen-bond donors (Lipinski definition) is 1. The summed E-state index contributed by atoms with van der Waals surface area (Å²) >= 11 is 0. The molecule has 1 N–H and O–H groups in total. The van der Waals surface area contributed by atoms with Gasteiger partial charge in [0.15, 0.2) is 0 Å². The van der Waals surface area contributed by atoms with Crippen LogP contribution in [-0.2, 0) is 0 Å². The third-order valence-electron chi connectivity index (χ3n) is 4.19. The lowest BCUT2D eigenvalue weighted by Crippen LogP contribution is -2.20. The van der Waals surface area contributed by atoms with Crippen molar-refractivity contribution in [3.8, 4) is 5.75 Å². The molecule has 5 heteroatoms. The summed E-state index contributed by atoms with van der Waals surface area (Å²) in [4.78, 5) is 4.52. The van der Waals surface area contributed by atoms with Gasteiger partial charge in [-0.25, -0.2) is 4.68 Å². The number of aryl methyl sites for hydroxylation is 1. The number of anilines is 1. The number of benzene rings is 2. The highest BCUT2D eigenvalue weighted by atomic mass is 16.5. The van der Waals surface area contributed by atoms with Gasteiger partial charge in [0.25, 0.3) is 0 Å². The Morgan fingerprint density at radius 1 is 1.08 bits per heavy atom. The van der Waals surface area contributed by atoms with E-state index in [2.05, 4.69) is 45.7 Å². The Labute approximate surface area is 147 Å². The first kappa shape index (κ1) is 15.4. The van der Waals surface area contributed by atoms with Gasteiger partial charge in [0, 0.05) is 5.70 Å². The summed E-state index contributed by atoms with van der Waals surface area (Å²) in [7, 11) is 0. The van der Waals surface area contributed by atoms with Crippen LogP contribution in [0.5, 0.6) is 5.75 Å². The Bertz CT molecular complexity index is 897. The average molecular weight is 332 g/mol. The van der Waals surface area contributed by atoms with E-state index in [9.17, 15) is 0 Å². The van der Waals surface area contributed by atoms with Gasteiger partial charge in [-0.3, -0.25) is 0 Å². The van der Waals surface area contributed by atoms with Gasteiger partial charge >= 0.3 is 0 Å². The molecule has 0 unspecified atom stereocenters. The zero-order chi connectivity index (χ0) is 17.2. The number of rotatable bonds is 4. The second-order valence-corrected chi connectivity index (χ2v) is 5.95. The van der Waals surface area contributed by atoms with Crippen molar-refractivity contribution in [3.05, 3.63) is 77.6 Å². The van der Waals surface area contributed by atoms with Crippen LogP contribution in [-0.4, -0.2) is 21.4 Å². The third-order valence-corrected chi connectivity index (χ3v) is 4.19. The zero-order valence-electron chi connectivity index (χ0n) is 14.3. The molecule has 0 fully saturated rings. The number of allylic oxidation sites excluding steroid dienone is 1. The lowest BCUT2D eigenvalue weighted by atomic mass is 10.0. The summed E-state index contributed by atoms with van der Waals surface area (Å²) < 4.78 is 7.48. The maximum atomic E-state index is 5.55. The standard InChI is InChI=1S/C20H20N4O/c1-3-25-17-11-9-16(10-12-17)19-13-18(15-7-5-4-6-8-15)22-20-21-14(2)23-24(19)20/h4-13,19H,3H2,1-2H3,(H,21,22,23)/t19-/m0/s1. The highest BCUT2D eigenvalue weighted by Gasteiger charge is 2.24. The molecule has 1 aliphatic rings. The Morgan fingerprint density at radius 3 is 2.56 bits per heavy atom. The van der Waals surface area contributed by atoms with E-state index < -0.39 is 0 Å². The Kier molecular flexibility index (Phi) is 3.98. The molecule has 0 saturated carbocycles. The van der Waals surface area contributed by atoms with Crippen LogP contribution in [0.2, 0.25) is 0 Å². The summed E-state index contributed by atoms with van der Waals surface area (Å²) in [5.41, 5.74) is 3.31. The fourth-order valence-corrected chi connectivity index (χ4v) is 3.05. The van der Waals surface area contributed by atoms with E-state index in [1.54, 1.807) is 0 Å². The fraction of sp³-hybridized carbons (Fsp3) is 0.200. The van der Waals surface area contributed by atoms with Crippen molar-refractivity contribution < 1.29 is 4.74 Å². The van der Waals surface area contributed by atoms with Crippen LogP contribution < -0.4 is 10.1 Å². The summed E-state index contributed by atoms with van der Waals surface area (Å²) in [5.74, 6) is 2.39. The van der Waals surface area contributed by atoms with Crippen molar-refractivity contribution in [2.45, 2.75) is 19.9 Å². The molecule has 3 aromatic rings. The molecule has 0 aliphatic carbocycles. The van der Waals surface area contributed by atoms with Crippen LogP contribution >= 0.6 is 0 Å². The van der Waals surface area contributed by atoms with Gasteiger partial charge in [-0.05, 0) is 43.2 Å². The minimum Gasteiger partial charge on any atom is -0.494 e. The largest absolute Gasteiger partial charge is 0.494 e. The lowest BCUT2D eigenvalue weighted by Gasteiger charge is -2.24. The van der Waals surface area contributed by atoms with Crippen LogP contribution in [0, 0.1) is 6.92 Å². The first-order chi connectivity index (χ1) is 12.2. The van der Waals surface area contributed by atoms with Gasteiger partial charge in [0.1, 0.15) is 17.6 Å². The summed E-state index contributed by atoms with van der Waals surface area (Å²) in [6, 6.07) is 18.4. The molecule has 2 aromatic carbocycles. The average Bonchev–Trinajstić information content (AvgIpc) is 3.03. The molecular weight excluding hydrogens is 312 g/mol. The molecule has 5 nitrogen and oxygen atoms in total. The van der Waals surface area contributed by atoms with Crippen LogP contribution in [0.3, 0.4) is 0 Å². The van der Waals surface area contributed by atoms with Gasteiger partial charge in [-0.1, -0.05) is 42.5 Å². The van der Waals surface area contributed by atoms with Gasteiger partial charge in [-0.15, -0.1) is 0 Å². The molecule has 1 aliphatic heterocycles. The molecule has 0 bridgehead atoms.